The van der Waals surface area contributed by atoms with E-state index in [0.29, 0.717) is 31.9 Å². The second-order valence-corrected chi connectivity index (χ2v) is 10.4. The molecule has 2 aromatic rings. The number of urea groups is 1. The molecule has 0 saturated heterocycles. The Labute approximate surface area is 204 Å². The summed E-state index contributed by atoms with van der Waals surface area (Å²) < 4.78 is 24.6. The van der Waals surface area contributed by atoms with Crippen LogP contribution in [0.4, 0.5) is 9.18 Å². The molecule has 3 amide bonds. The van der Waals surface area contributed by atoms with Gasteiger partial charge in [-0.2, -0.15) is 0 Å². The van der Waals surface area contributed by atoms with E-state index in [0.717, 1.165) is 12.0 Å². The van der Waals surface area contributed by atoms with Gasteiger partial charge >= 0.3 is 6.03 Å². The van der Waals surface area contributed by atoms with E-state index in [1.807, 2.05) is 32.2 Å². The van der Waals surface area contributed by atoms with Gasteiger partial charge in [-0.15, -0.1) is 11.3 Å². The number of ether oxygens (including phenoxy) is 2. The van der Waals surface area contributed by atoms with Crippen molar-refractivity contribution in [2.75, 3.05) is 40.0 Å². The summed E-state index contributed by atoms with van der Waals surface area (Å²) in [7, 11) is 1.61. The number of halogens is 1. The molecule has 0 saturated carbocycles. The Bertz CT molecular complexity index is 975. The zero-order valence-corrected chi connectivity index (χ0v) is 21.1. The molecule has 1 unspecified atom stereocenters. The molecule has 0 radical (unpaired) electrons. The van der Waals surface area contributed by atoms with Crippen molar-refractivity contribution in [3.63, 3.8) is 0 Å². The first kappa shape index (κ1) is 26.0. The summed E-state index contributed by atoms with van der Waals surface area (Å²) in [6.45, 7) is 7.32. The minimum atomic E-state index is -0.419. The summed E-state index contributed by atoms with van der Waals surface area (Å²) in [6.07, 6.45) is 1.38. The average molecular weight is 492 g/mol. The molecule has 1 N–H and O–H groups in total. The molecule has 9 heteroatoms. The number of benzene rings is 1. The minimum Gasteiger partial charge on any atom is -0.491 e. The third kappa shape index (κ3) is 7.17. The van der Waals surface area contributed by atoms with Crippen molar-refractivity contribution in [1.82, 2.24) is 15.1 Å². The predicted octanol–water partition coefficient (Wildman–Crippen LogP) is 4.24. The smallest absolute Gasteiger partial charge is 0.318 e. The van der Waals surface area contributed by atoms with Gasteiger partial charge in [-0.05, 0) is 62.8 Å². The van der Waals surface area contributed by atoms with Gasteiger partial charge < -0.3 is 24.6 Å². The number of rotatable bonds is 9. The van der Waals surface area contributed by atoms with Gasteiger partial charge in [0.2, 0.25) is 5.91 Å². The molecule has 3 rings (SSSR count). The average Bonchev–Trinajstić information content (AvgIpc) is 3.24. The van der Waals surface area contributed by atoms with Gasteiger partial charge in [-0.3, -0.25) is 4.79 Å². The fraction of sp³-hybridized carbons (Fsp3) is 0.520. The monoisotopic (exact) mass is 491 g/mol. The third-order valence-electron chi connectivity index (χ3n) is 5.49. The zero-order chi connectivity index (χ0) is 24.7. The molecule has 1 atom stereocenters. The first-order valence-corrected chi connectivity index (χ1v) is 12.4. The molecule has 2 heterocycles. The first-order chi connectivity index (χ1) is 16.2. The molecular formula is C25H34FN3O4S. The lowest BCUT2D eigenvalue weighted by molar-refractivity contribution is -0.135. The van der Waals surface area contributed by atoms with Gasteiger partial charge in [-0.25, -0.2) is 9.18 Å². The van der Waals surface area contributed by atoms with E-state index in [4.69, 9.17) is 9.47 Å². The highest BCUT2D eigenvalue weighted by atomic mass is 32.1. The summed E-state index contributed by atoms with van der Waals surface area (Å²) in [5.74, 6) is -0.103. The van der Waals surface area contributed by atoms with Gasteiger partial charge in [0.15, 0.2) is 0 Å². The van der Waals surface area contributed by atoms with Crippen LogP contribution in [0.5, 0.6) is 5.75 Å². The van der Waals surface area contributed by atoms with Crippen molar-refractivity contribution >= 4 is 23.3 Å². The van der Waals surface area contributed by atoms with Crippen LogP contribution in [0.15, 0.2) is 35.7 Å². The predicted molar refractivity (Wildman–Crippen MR) is 131 cm³/mol. The lowest BCUT2D eigenvalue weighted by atomic mass is 10.0. The Balaban J connectivity index is 1.75. The lowest BCUT2D eigenvalue weighted by Gasteiger charge is -2.37. The Hall–Kier alpha value is -2.65. The van der Waals surface area contributed by atoms with Crippen LogP contribution < -0.4 is 10.1 Å². The van der Waals surface area contributed by atoms with Gasteiger partial charge in [-0.1, -0.05) is 6.07 Å². The highest BCUT2D eigenvalue weighted by Crippen LogP contribution is 2.34. The maximum atomic E-state index is 13.6. The van der Waals surface area contributed by atoms with Crippen molar-refractivity contribution < 1.29 is 23.5 Å². The van der Waals surface area contributed by atoms with Crippen LogP contribution in [-0.4, -0.2) is 67.2 Å². The first-order valence-electron chi connectivity index (χ1n) is 11.5. The van der Waals surface area contributed by atoms with E-state index >= 15 is 0 Å². The highest BCUT2D eigenvalue weighted by molar-refractivity contribution is 7.10. The number of fused-ring (bicyclic) bond motifs is 1. The number of hydrogen-bond acceptors (Lipinski definition) is 5. The van der Waals surface area contributed by atoms with Crippen molar-refractivity contribution in [2.45, 2.75) is 45.2 Å². The molecule has 0 spiro atoms. The number of hydrogen-bond donors (Lipinski definition) is 1. The van der Waals surface area contributed by atoms with Crippen LogP contribution in [0.2, 0.25) is 0 Å². The molecule has 1 aliphatic rings. The third-order valence-corrected chi connectivity index (χ3v) is 6.49. The van der Waals surface area contributed by atoms with E-state index < -0.39 is 5.54 Å². The maximum Gasteiger partial charge on any atom is 0.318 e. The number of nitrogens with one attached hydrogen (secondary N) is 1. The summed E-state index contributed by atoms with van der Waals surface area (Å²) in [5.41, 5.74) is 0.628. The maximum absolute atomic E-state index is 13.6. The van der Waals surface area contributed by atoms with Gasteiger partial charge in [0.25, 0.3) is 0 Å². The van der Waals surface area contributed by atoms with Crippen molar-refractivity contribution in [3.8, 4) is 5.75 Å². The van der Waals surface area contributed by atoms with E-state index in [1.165, 1.54) is 17.0 Å². The molecule has 1 aliphatic heterocycles. The Morgan fingerprint density at radius 1 is 1.29 bits per heavy atom. The molecule has 1 aromatic carbocycles. The standard InChI is InChI=1S/C25H34FN3O4S/c1-25(2,3)27-24(31)28(11-6-13-32-4)16-23(30)29-12-9-22-20(10-14-34-22)21(29)17-33-19-8-5-7-18(26)15-19/h5,7-8,10,14-15,21H,6,9,11-13,16-17H2,1-4H3,(H,27,31). The fourth-order valence-corrected chi connectivity index (χ4v) is 4.84. The summed E-state index contributed by atoms with van der Waals surface area (Å²) in [6, 6.07) is 7.41. The molecular weight excluding hydrogens is 457 g/mol. The highest BCUT2D eigenvalue weighted by Gasteiger charge is 2.34. The van der Waals surface area contributed by atoms with Crippen molar-refractivity contribution in [3.05, 3.63) is 52.0 Å². The lowest BCUT2D eigenvalue weighted by Crippen LogP contribution is -2.53. The number of methoxy groups -OCH3 is 1. The van der Waals surface area contributed by atoms with Crippen LogP contribution in [0.3, 0.4) is 0 Å². The summed E-state index contributed by atoms with van der Waals surface area (Å²) >= 11 is 1.66. The molecule has 7 nitrogen and oxygen atoms in total. The van der Waals surface area contributed by atoms with Crippen LogP contribution >= 0.6 is 11.3 Å². The minimum absolute atomic E-state index is 0.0401. The second-order valence-electron chi connectivity index (χ2n) is 9.37. The molecule has 0 fully saturated rings. The molecule has 1 aromatic heterocycles. The molecule has 0 bridgehead atoms. The van der Waals surface area contributed by atoms with Crippen molar-refractivity contribution in [2.24, 2.45) is 0 Å². The van der Waals surface area contributed by atoms with Crippen LogP contribution in [-0.2, 0) is 16.0 Å². The normalized spacial score (nSPS) is 15.6. The fourth-order valence-electron chi connectivity index (χ4n) is 3.91. The molecule has 186 valence electrons. The van der Waals surface area contributed by atoms with E-state index in [2.05, 4.69) is 5.32 Å². The largest absolute Gasteiger partial charge is 0.491 e. The van der Waals surface area contributed by atoms with Crippen LogP contribution in [0.25, 0.3) is 0 Å². The summed E-state index contributed by atoms with van der Waals surface area (Å²) in [5, 5.41) is 4.96. The van der Waals surface area contributed by atoms with Gasteiger partial charge in [0.05, 0.1) is 6.04 Å². The zero-order valence-electron chi connectivity index (χ0n) is 20.3. The number of carbonyl (C=O) groups is 2. The van der Waals surface area contributed by atoms with Crippen LogP contribution in [0, 0.1) is 5.82 Å². The number of nitrogens with zero attached hydrogens (tertiary/aromatic N) is 2. The SMILES string of the molecule is COCCCN(CC(=O)N1CCc2sccc2C1COc1cccc(F)c1)C(=O)NC(C)(C)C. The topological polar surface area (TPSA) is 71.1 Å². The van der Waals surface area contributed by atoms with Crippen LogP contribution in [0.1, 0.15) is 43.7 Å². The number of carbonyl (C=O) groups excluding carboxylic acids is 2. The molecule has 0 aliphatic carbocycles. The van der Waals surface area contributed by atoms with E-state index in [9.17, 15) is 14.0 Å². The van der Waals surface area contributed by atoms with E-state index in [1.54, 1.807) is 40.4 Å². The number of thiophene rings is 1. The van der Waals surface area contributed by atoms with Gasteiger partial charge in [0.1, 0.15) is 24.7 Å². The molecule has 34 heavy (non-hydrogen) atoms. The van der Waals surface area contributed by atoms with Gasteiger partial charge in [0, 0.05) is 43.3 Å². The second kappa shape index (κ2) is 11.7. The van der Waals surface area contributed by atoms with E-state index in [-0.39, 0.29) is 36.9 Å². The Kier molecular flexibility index (Phi) is 8.90. The quantitative estimate of drug-likeness (QED) is 0.533. The van der Waals surface area contributed by atoms with Crippen molar-refractivity contribution in [1.29, 1.82) is 0 Å². The Morgan fingerprint density at radius 2 is 2.09 bits per heavy atom. The summed E-state index contributed by atoms with van der Waals surface area (Å²) in [4.78, 5) is 30.9. The number of amides is 3. The Morgan fingerprint density at radius 3 is 2.79 bits per heavy atom.